The summed E-state index contributed by atoms with van der Waals surface area (Å²) in [6.07, 6.45) is 0. The van der Waals surface area contributed by atoms with Gasteiger partial charge in [-0.15, -0.1) is 11.3 Å². The first kappa shape index (κ1) is 35.6. The molecule has 0 N–H and O–H groups in total. The fourth-order valence-corrected chi connectivity index (χ4v) is 10.6. The second-order valence-corrected chi connectivity index (χ2v) is 17.1. The Morgan fingerprint density at radius 3 is 1.32 bits per heavy atom. The maximum Gasteiger partial charge on any atom is 0.240 e. The minimum atomic E-state index is 0.546. The molecule has 4 aromatic heterocycles. The van der Waals surface area contributed by atoms with Crippen LogP contribution in [0.4, 0.5) is 0 Å². The highest BCUT2D eigenvalue weighted by atomic mass is 32.1. The van der Waals surface area contributed by atoms with E-state index in [0.717, 1.165) is 82.6 Å². The molecular formula is C57H35N5S. The number of thiophene rings is 1. The van der Waals surface area contributed by atoms with E-state index in [9.17, 15) is 0 Å². The highest BCUT2D eigenvalue weighted by Crippen LogP contribution is 2.40. The molecule has 0 saturated heterocycles. The first-order chi connectivity index (χ1) is 31.2. The lowest BCUT2D eigenvalue weighted by Crippen LogP contribution is -2.10. The Morgan fingerprint density at radius 2 is 0.698 bits per heavy atom. The van der Waals surface area contributed by atoms with Crippen LogP contribution < -0.4 is 0 Å². The zero-order chi connectivity index (χ0) is 41.4. The van der Waals surface area contributed by atoms with E-state index >= 15 is 0 Å². The van der Waals surface area contributed by atoms with Gasteiger partial charge in [0.25, 0.3) is 0 Å². The molecule has 294 valence electrons. The van der Waals surface area contributed by atoms with Gasteiger partial charge in [-0.05, 0) is 75.8 Å². The van der Waals surface area contributed by atoms with Crippen LogP contribution in [0.3, 0.4) is 0 Å². The Bertz CT molecular complexity index is 3770. The van der Waals surface area contributed by atoms with Crippen LogP contribution in [0.15, 0.2) is 212 Å². The second-order valence-electron chi connectivity index (χ2n) is 16.1. The number of aromatic nitrogens is 5. The van der Waals surface area contributed by atoms with Gasteiger partial charge in [-0.2, -0.15) is 15.0 Å². The van der Waals surface area contributed by atoms with Crippen LogP contribution in [-0.2, 0) is 0 Å². The molecule has 0 bridgehead atoms. The van der Waals surface area contributed by atoms with Crippen molar-refractivity contribution in [1.82, 2.24) is 24.1 Å². The normalized spacial score (nSPS) is 11.8. The number of hydrogen-bond acceptors (Lipinski definition) is 4. The summed E-state index contributed by atoms with van der Waals surface area (Å²) in [6, 6.07) is 75.7. The third kappa shape index (κ3) is 5.80. The summed E-state index contributed by atoms with van der Waals surface area (Å²) in [4.78, 5) is 16.3. The van der Waals surface area contributed by atoms with E-state index in [1.54, 1.807) is 0 Å². The highest BCUT2D eigenvalue weighted by molar-refractivity contribution is 7.25. The Morgan fingerprint density at radius 1 is 0.270 bits per heavy atom. The van der Waals surface area contributed by atoms with Crippen LogP contribution in [0.25, 0.3) is 120 Å². The van der Waals surface area contributed by atoms with Crippen molar-refractivity contribution in [3.05, 3.63) is 212 Å². The average molecular weight is 822 g/mol. The molecular weight excluding hydrogens is 787 g/mol. The molecule has 63 heavy (non-hydrogen) atoms. The van der Waals surface area contributed by atoms with Crippen molar-refractivity contribution in [2.45, 2.75) is 0 Å². The van der Waals surface area contributed by atoms with E-state index in [1.165, 1.54) is 20.2 Å². The largest absolute Gasteiger partial charge is 0.278 e. The van der Waals surface area contributed by atoms with Crippen molar-refractivity contribution in [2.75, 3.05) is 0 Å². The number of fused-ring (bicyclic) bond motifs is 9. The molecule has 0 saturated carbocycles. The summed E-state index contributed by atoms with van der Waals surface area (Å²) in [7, 11) is 0. The van der Waals surface area contributed by atoms with Crippen LogP contribution in [0.2, 0.25) is 0 Å². The van der Waals surface area contributed by atoms with Gasteiger partial charge in [-0.3, -0.25) is 9.13 Å². The summed E-state index contributed by atoms with van der Waals surface area (Å²) in [5.74, 6) is 1.69. The van der Waals surface area contributed by atoms with Crippen molar-refractivity contribution in [2.24, 2.45) is 0 Å². The maximum absolute atomic E-state index is 5.49. The fourth-order valence-electron chi connectivity index (χ4n) is 9.42. The zero-order valence-corrected chi connectivity index (χ0v) is 34.7. The van der Waals surface area contributed by atoms with Crippen molar-refractivity contribution in [3.8, 4) is 56.7 Å². The molecule has 13 aromatic rings. The fraction of sp³-hybridized carbons (Fsp3) is 0. The van der Waals surface area contributed by atoms with Crippen molar-refractivity contribution < 1.29 is 0 Å². The smallest absolute Gasteiger partial charge is 0.240 e. The molecule has 0 amide bonds. The summed E-state index contributed by atoms with van der Waals surface area (Å²) in [5, 5.41) is 7.13. The van der Waals surface area contributed by atoms with Gasteiger partial charge >= 0.3 is 0 Å². The monoisotopic (exact) mass is 821 g/mol. The Kier molecular flexibility index (Phi) is 8.01. The average Bonchev–Trinajstić information content (AvgIpc) is 4.01. The van der Waals surface area contributed by atoms with E-state index in [-0.39, 0.29) is 0 Å². The summed E-state index contributed by atoms with van der Waals surface area (Å²) in [5.41, 5.74) is 11.8. The van der Waals surface area contributed by atoms with Gasteiger partial charge in [0.05, 0.1) is 22.1 Å². The van der Waals surface area contributed by atoms with Gasteiger partial charge in [0.1, 0.15) is 0 Å². The van der Waals surface area contributed by atoms with E-state index in [1.807, 2.05) is 11.3 Å². The number of nitrogens with zero attached hydrogens (tertiary/aromatic N) is 5. The third-order valence-electron chi connectivity index (χ3n) is 12.4. The third-order valence-corrected chi connectivity index (χ3v) is 13.5. The van der Waals surface area contributed by atoms with Crippen LogP contribution in [-0.4, -0.2) is 24.1 Å². The minimum absolute atomic E-state index is 0.546. The molecule has 4 heterocycles. The summed E-state index contributed by atoms with van der Waals surface area (Å²) < 4.78 is 7.00. The van der Waals surface area contributed by atoms with E-state index in [4.69, 9.17) is 15.0 Å². The molecule has 0 spiro atoms. The van der Waals surface area contributed by atoms with E-state index < -0.39 is 0 Å². The Balaban J connectivity index is 1.09. The van der Waals surface area contributed by atoms with Crippen molar-refractivity contribution >= 4 is 75.1 Å². The molecule has 5 nitrogen and oxygen atoms in total. The minimum Gasteiger partial charge on any atom is -0.278 e. The molecule has 0 aliphatic rings. The van der Waals surface area contributed by atoms with Gasteiger partial charge in [0.15, 0.2) is 5.82 Å². The molecule has 13 rings (SSSR count). The molecule has 0 atom stereocenters. The molecule has 0 aliphatic carbocycles. The van der Waals surface area contributed by atoms with Crippen molar-refractivity contribution in [1.29, 1.82) is 0 Å². The maximum atomic E-state index is 5.49. The number of hydrogen-bond donors (Lipinski definition) is 0. The molecule has 0 aliphatic heterocycles. The standard InChI is InChI=1S/C57H35N5S/c1-3-14-36(15-4-1)39-26-29-45-46-30-27-40(37-16-5-2-6-17-37)34-52(46)62(51(45)33-39)57-59-55(58-56(60-57)61-49-23-10-7-20-43(49)44-21-8-11-24-50(44)61)42-19-13-18-38(32-42)41-28-31-48-47-22-9-12-25-53(47)63-54(48)35-41/h1-35H. The Labute approximate surface area is 366 Å². The van der Waals surface area contributed by atoms with Gasteiger partial charge in [-0.25, -0.2) is 0 Å². The highest BCUT2D eigenvalue weighted by Gasteiger charge is 2.22. The predicted molar refractivity (Wildman–Crippen MR) is 263 cm³/mol. The first-order valence-corrected chi connectivity index (χ1v) is 22.0. The molecule has 0 unspecified atom stereocenters. The van der Waals surface area contributed by atoms with Crippen molar-refractivity contribution in [3.63, 3.8) is 0 Å². The van der Waals surface area contributed by atoms with Crippen LogP contribution in [0.1, 0.15) is 0 Å². The zero-order valence-electron chi connectivity index (χ0n) is 33.9. The van der Waals surface area contributed by atoms with Crippen LogP contribution in [0, 0.1) is 0 Å². The molecule has 0 radical (unpaired) electrons. The predicted octanol–water partition coefficient (Wildman–Crippen LogP) is 15.1. The summed E-state index contributed by atoms with van der Waals surface area (Å²) >= 11 is 1.84. The number of para-hydroxylation sites is 2. The van der Waals surface area contributed by atoms with Crippen LogP contribution >= 0.6 is 11.3 Å². The van der Waals surface area contributed by atoms with E-state index in [0.29, 0.717) is 17.7 Å². The second kappa shape index (κ2) is 14.2. The summed E-state index contributed by atoms with van der Waals surface area (Å²) in [6.45, 7) is 0. The number of rotatable bonds is 6. The Hall–Kier alpha value is -8.19. The lowest BCUT2D eigenvalue weighted by atomic mass is 10.0. The topological polar surface area (TPSA) is 48.5 Å². The van der Waals surface area contributed by atoms with Gasteiger partial charge < -0.3 is 0 Å². The first-order valence-electron chi connectivity index (χ1n) is 21.2. The number of benzene rings is 9. The quantitative estimate of drug-likeness (QED) is 0.168. The lowest BCUT2D eigenvalue weighted by Gasteiger charge is -2.14. The van der Waals surface area contributed by atoms with Gasteiger partial charge in [-0.1, -0.05) is 170 Å². The van der Waals surface area contributed by atoms with Gasteiger partial charge in [0, 0.05) is 47.3 Å². The SMILES string of the molecule is c1ccc(-c2ccc3c4ccc(-c5ccccc5)cc4n(-c4nc(-c5cccc(-c6ccc7c(c6)sc6ccccc67)c5)nc(-n5c6ccccc6c6ccccc65)n4)c3c2)cc1. The molecule has 9 aromatic carbocycles. The van der Waals surface area contributed by atoms with Crippen LogP contribution in [0.5, 0.6) is 0 Å². The van der Waals surface area contributed by atoms with Gasteiger partial charge in [0.2, 0.25) is 11.9 Å². The molecule has 6 heteroatoms. The molecule has 0 fully saturated rings. The van der Waals surface area contributed by atoms with E-state index in [2.05, 4.69) is 221 Å². The lowest BCUT2D eigenvalue weighted by molar-refractivity contribution is 0.893.